The zero-order valence-electron chi connectivity index (χ0n) is 15.9. The molecule has 0 saturated carbocycles. The van der Waals surface area contributed by atoms with Crippen molar-refractivity contribution in [1.29, 1.82) is 0 Å². The van der Waals surface area contributed by atoms with Crippen LogP contribution in [0.1, 0.15) is 40.5 Å². The Bertz CT molecular complexity index is 828. The van der Waals surface area contributed by atoms with E-state index in [1.54, 1.807) is 48.2 Å². The van der Waals surface area contributed by atoms with Gasteiger partial charge in [-0.25, -0.2) is 4.79 Å². The molecule has 6 heteroatoms. The lowest BCUT2D eigenvalue weighted by Crippen LogP contribution is -2.61. The monoisotopic (exact) mass is 380 g/mol. The Hall–Kier alpha value is -3.15. The zero-order valence-corrected chi connectivity index (χ0v) is 15.9. The fraction of sp³-hybridized carbons (Fsp3) is 0.318. The Morgan fingerprint density at radius 3 is 2.00 bits per heavy atom. The maximum Gasteiger partial charge on any atom is 0.331 e. The maximum atomic E-state index is 12.7. The van der Waals surface area contributed by atoms with Gasteiger partial charge in [0.25, 0.3) is 11.8 Å². The van der Waals surface area contributed by atoms with E-state index in [9.17, 15) is 14.4 Å². The highest BCUT2D eigenvalue weighted by molar-refractivity contribution is 5.98. The molecule has 0 atom stereocenters. The van der Waals surface area contributed by atoms with Crippen LogP contribution in [0.15, 0.2) is 60.7 Å². The molecule has 1 N–H and O–H groups in total. The van der Waals surface area contributed by atoms with Crippen LogP contribution >= 0.6 is 0 Å². The Kier molecular flexibility index (Phi) is 6.09. The number of hydrogen-bond acceptors (Lipinski definition) is 4. The number of likely N-dealkylation sites (tertiary alicyclic amines) is 1. The summed E-state index contributed by atoms with van der Waals surface area (Å²) in [4.78, 5) is 39.7. The molecule has 0 aromatic heterocycles. The van der Waals surface area contributed by atoms with Crippen molar-refractivity contribution >= 4 is 17.8 Å². The molecule has 2 aromatic carbocycles. The number of carbonyl (C=O) groups excluding carboxylic acids is 3. The standard InChI is InChI=1S/C22H24N2O4/c1-2-28-21(27)22(23-19(25)17-9-5-3-6-10-17)13-15-24(16-14-22)20(26)18-11-7-4-8-12-18/h3-12H,2,13-16H2,1H3,(H,23,25). The highest BCUT2D eigenvalue weighted by atomic mass is 16.5. The van der Waals surface area contributed by atoms with Crippen molar-refractivity contribution in [1.82, 2.24) is 10.2 Å². The fourth-order valence-electron chi connectivity index (χ4n) is 3.38. The second kappa shape index (κ2) is 8.69. The summed E-state index contributed by atoms with van der Waals surface area (Å²) in [5.74, 6) is -0.852. The van der Waals surface area contributed by atoms with Gasteiger partial charge in [0.15, 0.2) is 0 Å². The number of nitrogens with zero attached hydrogens (tertiary/aromatic N) is 1. The lowest BCUT2D eigenvalue weighted by Gasteiger charge is -2.40. The van der Waals surface area contributed by atoms with Crippen molar-refractivity contribution in [2.24, 2.45) is 0 Å². The minimum absolute atomic E-state index is 0.0764. The molecule has 2 amide bonds. The minimum Gasteiger partial charge on any atom is -0.464 e. The van der Waals surface area contributed by atoms with E-state index in [2.05, 4.69) is 5.32 Å². The van der Waals surface area contributed by atoms with Crippen LogP contribution < -0.4 is 5.32 Å². The van der Waals surface area contributed by atoms with Crippen molar-refractivity contribution in [3.05, 3.63) is 71.8 Å². The smallest absolute Gasteiger partial charge is 0.331 e. The van der Waals surface area contributed by atoms with Crippen molar-refractivity contribution in [2.75, 3.05) is 19.7 Å². The van der Waals surface area contributed by atoms with Gasteiger partial charge in [0.1, 0.15) is 5.54 Å². The summed E-state index contributed by atoms with van der Waals surface area (Å²) in [5.41, 5.74) is -0.0374. The number of carbonyl (C=O) groups is 3. The third-order valence-corrected chi connectivity index (χ3v) is 4.98. The number of hydrogen-bond donors (Lipinski definition) is 1. The molecule has 0 unspecified atom stereocenters. The third kappa shape index (κ3) is 4.22. The van der Waals surface area contributed by atoms with E-state index < -0.39 is 11.5 Å². The van der Waals surface area contributed by atoms with Gasteiger partial charge in [-0.2, -0.15) is 0 Å². The van der Waals surface area contributed by atoms with Crippen LogP contribution in [-0.2, 0) is 9.53 Å². The zero-order chi connectivity index (χ0) is 20.0. The SMILES string of the molecule is CCOC(=O)C1(NC(=O)c2ccccc2)CCN(C(=O)c2ccccc2)CC1. The van der Waals surface area contributed by atoms with Gasteiger partial charge in [-0.05, 0) is 44.0 Å². The molecular weight excluding hydrogens is 356 g/mol. The molecule has 1 aliphatic heterocycles. The lowest BCUT2D eigenvalue weighted by molar-refractivity contribution is -0.152. The number of amides is 2. The number of esters is 1. The van der Waals surface area contributed by atoms with Gasteiger partial charge in [-0.15, -0.1) is 0 Å². The van der Waals surface area contributed by atoms with Crippen molar-refractivity contribution in [3.63, 3.8) is 0 Å². The third-order valence-electron chi connectivity index (χ3n) is 4.98. The molecule has 0 bridgehead atoms. The molecular formula is C22H24N2O4. The predicted octanol–water partition coefficient (Wildman–Crippen LogP) is 2.65. The molecule has 1 fully saturated rings. The highest BCUT2D eigenvalue weighted by Gasteiger charge is 2.45. The van der Waals surface area contributed by atoms with Gasteiger partial charge >= 0.3 is 5.97 Å². The van der Waals surface area contributed by atoms with Crippen molar-refractivity contribution in [3.8, 4) is 0 Å². The van der Waals surface area contributed by atoms with Crippen LogP contribution in [-0.4, -0.2) is 47.9 Å². The van der Waals surface area contributed by atoms with E-state index >= 15 is 0 Å². The first-order valence-corrected chi connectivity index (χ1v) is 9.45. The fourth-order valence-corrected chi connectivity index (χ4v) is 3.38. The summed E-state index contributed by atoms with van der Waals surface area (Å²) in [6, 6.07) is 17.8. The number of benzene rings is 2. The van der Waals surface area contributed by atoms with Crippen molar-refractivity contribution in [2.45, 2.75) is 25.3 Å². The molecule has 28 heavy (non-hydrogen) atoms. The molecule has 6 nitrogen and oxygen atoms in total. The quantitative estimate of drug-likeness (QED) is 0.809. The average Bonchev–Trinajstić information content (AvgIpc) is 2.75. The predicted molar refractivity (Wildman–Crippen MR) is 105 cm³/mol. The van der Waals surface area contributed by atoms with E-state index in [1.165, 1.54) is 0 Å². The second-order valence-corrected chi connectivity index (χ2v) is 6.78. The summed E-state index contributed by atoms with van der Waals surface area (Å²) >= 11 is 0. The summed E-state index contributed by atoms with van der Waals surface area (Å²) < 4.78 is 5.24. The Morgan fingerprint density at radius 1 is 0.929 bits per heavy atom. The van der Waals surface area contributed by atoms with E-state index in [-0.39, 0.29) is 18.4 Å². The number of ether oxygens (including phenoxy) is 1. The van der Waals surface area contributed by atoms with Gasteiger partial charge in [-0.1, -0.05) is 36.4 Å². The number of rotatable bonds is 5. The van der Waals surface area contributed by atoms with Crippen LogP contribution in [0.2, 0.25) is 0 Å². The molecule has 1 heterocycles. The van der Waals surface area contributed by atoms with Gasteiger partial charge in [0, 0.05) is 24.2 Å². The topological polar surface area (TPSA) is 75.7 Å². The Morgan fingerprint density at radius 2 is 1.46 bits per heavy atom. The van der Waals surface area contributed by atoms with Crippen LogP contribution in [0.3, 0.4) is 0 Å². The summed E-state index contributed by atoms with van der Waals surface area (Å²) in [7, 11) is 0. The summed E-state index contributed by atoms with van der Waals surface area (Å²) in [6.07, 6.45) is 0.617. The van der Waals surface area contributed by atoms with Crippen molar-refractivity contribution < 1.29 is 19.1 Å². The first kappa shape index (κ1) is 19.6. The van der Waals surface area contributed by atoms with Gasteiger partial charge in [0.2, 0.25) is 0 Å². The van der Waals surface area contributed by atoms with Gasteiger partial charge in [0.05, 0.1) is 6.61 Å². The molecule has 0 spiro atoms. The normalized spacial score (nSPS) is 15.5. The Labute approximate surface area is 164 Å². The number of nitrogens with one attached hydrogen (secondary N) is 1. The van der Waals surface area contributed by atoms with Crippen LogP contribution in [0.25, 0.3) is 0 Å². The van der Waals surface area contributed by atoms with Crippen LogP contribution in [0, 0.1) is 0 Å². The highest BCUT2D eigenvalue weighted by Crippen LogP contribution is 2.26. The number of piperidine rings is 1. The first-order chi connectivity index (χ1) is 13.6. The molecule has 146 valence electrons. The molecule has 1 saturated heterocycles. The van der Waals surface area contributed by atoms with E-state index in [1.807, 2.05) is 24.3 Å². The average molecular weight is 380 g/mol. The van der Waals surface area contributed by atoms with E-state index in [4.69, 9.17) is 4.74 Å². The van der Waals surface area contributed by atoms with Gasteiger partial charge < -0.3 is 15.0 Å². The molecule has 3 rings (SSSR count). The first-order valence-electron chi connectivity index (χ1n) is 9.45. The van der Waals surface area contributed by atoms with Crippen LogP contribution in [0.5, 0.6) is 0 Å². The van der Waals surface area contributed by atoms with Crippen LogP contribution in [0.4, 0.5) is 0 Å². The molecule has 0 radical (unpaired) electrons. The van der Waals surface area contributed by atoms with Gasteiger partial charge in [-0.3, -0.25) is 9.59 Å². The summed E-state index contributed by atoms with van der Waals surface area (Å²) in [5, 5.41) is 2.88. The van der Waals surface area contributed by atoms with E-state index in [0.29, 0.717) is 37.1 Å². The lowest BCUT2D eigenvalue weighted by atomic mass is 9.86. The summed E-state index contributed by atoms with van der Waals surface area (Å²) in [6.45, 7) is 2.69. The molecule has 0 aliphatic carbocycles. The molecule has 2 aromatic rings. The largest absolute Gasteiger partial charge is 0.464 e. The van der Waals surface area contributed by atoms with E-state index in [0.717, 1.165) is 0 Å². The molecule has 1 aliphatic rings. The second-order valence-electron chi connectivity index (χ2n) is 6.78. The minimum atomic E-state index is -1.13. The maximum absolute atomic E-state index is 12.7. The Balaban J connectivity index is 1.74.